The third-order valence-electron chi connectivity index (χ3n) is 10.8. The Morgan fingerprint density at radius 2 is 1.39 bits per heavy atom. The molecule has 1 amide bonds. The van der Waals surface area contributed by atoms with E-state index < -0.39 is 49.3 Å². The number of aromatic hydroxyl groups is 1. The van der Waals surface area contributed by atoms with Crippen molar-refractivity contribution in [2.75, 3.05) is 11.5 Å². The quantitative estimate of drug-likeness (QED) is 0.0916. The monoisotopic (exact) mass is 733 g/mol. The number of aliphatic hydroxyl groups is 5. The van der Waals surface area contributed by atoms with Crippen molar-refractivity contribution in [1.82, 2.24) is 0 Å². The number of phenolic OH excluding ortho intramolecular Hbond substituents is 1. The van der Waals surface area contributed by atoms with E-state index in [9.17, 15) is 39.8 Å². The average molecular weight is 734 g/mol. The van der Waals surface area contributed by atoms with Crippen LogP contribution in [0.2, 0.25) is 0 Å². The Balaban J connectivity index is 1.14. The highest BCUT2D eigenvalue weighted by Crippen LogP contribution is 2.47. The minimum Gasteiger partial charge on any atom is -0.508 e. The first-order valence-electron chi connectivity index (χ1n) is 18.3. The third-order valence-corrected chi connectivity index (χ3v) is 10.8. The highest BCUT2D eigenvalue weighted by Gasteiger charge is 2.44. The van der Waals surface area contributed by atoms with Crippen molar-refractivity contribution >= 4 is 11.6 Å². The molecule has 0 bridgehead atoms. The number of halogens is 1. The van der Waals surface area contributed by atoms with Crippen LogP contribution in [0, 0.1) is 11.7 Å². The number of ether oxygens (including phenoxy) is 1. The Morgan fingerprint density at radius 3 is 2.06 bits per heavy atom. The summed E-state index contributed by atoms with van der Waals surface area (Å²) in [5, 5.41) is 63.0. The minimum absolute atomic E-state index is 0.0208. The van der Waals surface area contributed by atoms with Gasteiger partial charge in [0.2, 0.25) is 5.91 Å². The molecule has 6 N–H and O–H groups in total. The third kappa shape index (κ3) is 7.67. The van der Waals surface area contributed by atoms with Crippen molar-refractivity contribution < 1.29 is 44.6 Å². The van der Waals surface area contributed by atoms with Crippen LogP contribution in [0.15, 0.2) is 121 Å². The van der Waals surface area contributed by atoms with Crippen LogP contribution in [0.4, 0.5) is 10.1 Å². The first-order valence-corrected chi connectivity index (χ1v) is 18.3. The molecule has 54 heavy (non-hydrogen) atoms. The standard InChI is InChI=1S/C44H44FNO8/c45-33-18-13-29(14-19-33)36(48)8-4-7-32-24-39(50)46(34-20-15-27(16-21-34)26-5-2-1-3-6-26)40(32)35-22-17-31(23-37(35)49)28-9-11-30(12-10-28)44-43(53)42(52)41(51)38(25-47)54-44/h1-3,5-6,9-23,32,36,38,40-44,47-49,51-53H,4,7-8,24-25H2/t32-,36-,38+,40-,41+,42-,43+,44?/m0/s1. The molecule has 280 valence electrons. The van der Waals surface area contributed by atoms with Crippen molar-refractivity contribution in [1.29, 1.82) is 0 Å². The van der Waals surface area contributed by atoms with Gasteiger partial charge in [-0.3, -0.25) is 4.79 Å². The van der Waals surface area contributed by atoms with E-state index in [-0.39, 0.29) is 29.8 Å². The van der Waals surface area contributed by atoms with Crippen molar-refractivity contribution in [3.05, 3.63) is 144 Å². The Bertz CT molecular complexity index is 2020. The molecule has 2 fully saturated rings. The van der Waals surface area contributed by atoms with Crippen LogP contribution in [0.3, 0.4) is 0 Å². The van der Waals surface area contributed by atoms with Gasteiger partial charge in [-0.25, -0.2) is 4.39 Å². The summed E-state index contributed by atoms with van der Waals surface area (Å²) in [6.07, 6.45) is -5.20. The summed E-state index contributed by atoms with van der Waals surface area (Å²) in [5.74, 6) is -0.580. The van der Waals surface area contributed by atoms with Crippen LogP contribution in [0.1, 0.15) is 60.6 Å². The van der Waals surface area contributed by atoms with Gasteiger partial charge in [-0.05, 0) is 82.5 Å². The number of carbonyl (C=O) groups is 1. The molecule has 10 heteroatoms. The molecule has 0 aromatic heterocycles. The summed E-state index contributed by atoms with van der Waals surface area (Å²) in [4.78, 5) is 15.6. The fourth-order valence-corrected chi connectivity index (χ4v) is 7.84. The first-order chi connectivity index (χ1) is 26.1. The number of amides is 1. The van der Waals surface area contributed by atoms with E-state index in [0.717, 1.165) is 16.7 Å². The van der Waals surface area contributed by atoms with E-state index in [4.69, 9.17) is 4.74 Å². The van der Waals surface area contributed by atoms with Crippen LogP contribution in [0.25, 0.3) is 22.3 Å². The molecular weight excluding hydrogens is 689 g/mol. The van der Waals surface area contributed by atoms with Gasteiger partial charge in [0.15, 0.2) is 0 Å². The van der Waals surface area contributed by atoms with Gasteiger partial charge in [-0.1, -0.05) is 97.4 Å². The van der Waals surface area contributed by atoms with Crippen LogP contribution >= 0.6 is 0 Å². The lowest BCUT2D eigenvalue weighted by Gasteiger charge is -2.40. The van der Waals surface area contributed by atoms with Crippen LogP contribution in [-0.2, 0) is 9.53 Å². The second-order valence-electron chi connectivity index (χ2n) is 14.2. The largest absolute Gasteiger partial charge is 0.508 e. The number of phenols is 1. The molecule has 7 rings (SSSR count). The summed E-state index contributed by atoms with van der Waals surface area (Å²) in [6.45, 7) is -0.521. The molecule has 0 saturated carbocycles. The van der Waals surface area contributed by atoms with E-state index in [1.807, 2.05) is 66.7 Å². The zero-order valence-electron chi connectivity index (χ0n) is 29.5. The number of rotatable bonds is 11. The molecule has 5 aromatic rings. The summed E-state index contributed by atoms with van der Waals surface area (Å²) in [7, 11) is 0. The molecule has 8 atom stereocenters. The Kier molecular flexibility index (Phi) is 11.2. The van der Waals surface area contributed by atoms with Gasteiger partial charge in [0.1, 0.15) is 42.1 Å². The molecule has 0 radical (unpaired) electrons. The predicted octanol–water partition coefficient (Wildman–Crippen LogP) is 6.38. The summed E-state index contributed by atoms with van der Waals surface area (Å²) in [5.41, 5.74) is 6.02. The van der Waals surface area contributed by atoms with Crippen LogP contribution in [0.5, 0.6) is 5.75 Å². The van der Waals surface area contributed by atoms with E-state index in [2.05, 4.69) is 0 Å². The van der Waals surface area contributed by atoms with E-state index >= 15 is 0 Å². The lowest BCUT2D eigenvalue weighted by molar-refractivity contribution is -0.231. The topological polar surface area (TPSA) is 151 Å². The number of hydrogen-bond acceptors (Lipinski definition) is 8. The lowest BCUT2D eigenvalue weighted by atomic mass is 9.87. The van der Waals surface area contributed by atoms with Crippen molar-refractivity contribution in [2.24, 2.45) is 5.92 Å². The van der Waals surface area contributed by atoms with Gasteiger partial charge in [0.05, 0.1) is 18.8 Å². The van der Waals surface area contributed by atoms with E-state index in [1.165, 1.54) is 12.1 Å². The predicted molar refractivity (Wildman–Crippen MR) is 202 cm³/mol. The number of nitrogens with zero attached hydrogens (tertiary/aromatic N) is 1. The van der Waals surface area contributed by atoms with Crippen LogP contribution in [-0.4, -0.2) is 67.6 Å². The maximum Gasteiger partial charge on any atom is 0.227 e. The molecule has 2 aliphatic rings. The maximum atomic E-state index is 13.8. The fourth-order valence-electron chi connectivity index (χ4n) is 7.84. The zero-order valence-corrected chi connectivity index (χ0v) is 29.5. The number of aliphatic hydroxyl groups excluding tert-OH is 5. The molecule has 2 heterocycles. The fraction of sp³-hybridized carbons (Fsp3) is 0.295. The highest BCUT2D eigenvalue weighted by atomic mass is 19.1. The molecule has 9 nitrogen and oxygen atoms in total. The molecule has 2 saturated heterocycles. The van der Waals surface area contributed by atoms with Crippen molar-refractivity contribution in [3.63, 3.8) is 0 Å². The van der Waals surface area contributed by atoms with Gasteiger partial charge in [0, 0.05) is 17.7 Å². The van der Waals surface area contributed by atoms with Gasteiger partial charge in [-0.2, -0.15) is 0 Å². The number of hydrogen-bond donors (Lipinski definition) is 6. The molecule has 1 unspecified atom stereocenters. The van der Waals surface area contributed by atoms with Crippen molar-refractivity contribution in [3.8, 4) is 28.0 Å². The average Bonchev–Trinajstić information content (AvgIpc) is 3.52. The summed E-state index contributed by atoms with van der Waals surface area (Å²) < 4.78 is 19.2. The SMILES string of the molecule is O=C1C[C@H](CCC[C@H](O)c2ccc(F)cc2)[C@@H](c2ccc(-c3ccc(C4O[C@H](CO)[C@@H](O)[C@H](O)[C@H]4O)cc3)cc2O)N1c1ccc(-c2ccccc2)cc1. The van der Waals surface area contributed by atoms with Gasteiger partial charge in [-0.15, -0.1) is 0 Å². The number of anilines is 1. The van der Waals surface area contributed by atoms with E-state index in [1.54, 1.807) is 47.4 Å². The first kappa shape index (κ1) is 37.4. The van der Waals surface area contributed by atoms with Gasteiger partial charge >= 0.3 is 0 Å². The Hall–Kier alpha value is -4.94. The minimum atomic E-state index is -1.49. The highest BCUT2D eigenvalue weighted by molar-refractivity contribution is 5.97. The van der Waals surface area contributed by atoms with Crippen LogP contribution < -0.4 is 4.90 Å². The normalized spacial score (nSPS) is 24.8. The Morgan fingerprint density at radius 1 is 0.759 bits per heavy atom. The van der Waals surface area contributed by atoms with E-state index in [0.29, 0.717) is 47.2 Å². The smallest absolute Gasteiger partial charge is 0.227 e. The number of benzene rings is 5. The van der Waals surface area contributed by atoms with Gasteiger partial charge in [0.25, 0.3) is 0 Å². The number of carbonyl (C=O) groups excluding carboxylic acids is 1. The summed E-state index contributed by atoms with van der Waals surface area (Å²) >= 11 is 0. The second-order valence-corrected chi connectivity index (χ2v) is 14.2. The molecule has 5 aromatic carbocycles. The lowest BCUT2D eigenvalue weighted by Crippen LogP contribution is -2.55. The zero-order chi connectivity index (χ0) is 37.9. The Labute approximate surface area is 313 Å². The molecule has 0 spiro atoms. The molecule has 0 aliphatic carbocycles. The molecule has 2 aliphatic heterocycles. The van der Waals surface area contributed by atoms with Gasteiger partial charge < -0.3 is 40.3 Å². The summed E-state index contributed by atoms with van der Waals surface area (Å²) in [6, 6.07) is 35.5. The second kappa shape index (κ2) is 16.2. The maximum absolute atomic E-state index is 13.8. The molecular formula is C44H44FNO8. The van der Waals surface area contributed by atoms with Crippen molar-refractivity contribution in [2.45, 2.75) is 68.3 Å².